The Morgan fingerprint density at radius 2 is 2.04 bits per heavy atom. The van der Waals surface area contributed by atoms with Gasteiger partial charge in [0.25, 0.3) is 0 Å². The summed E-state index contributed by atoms with van der Waals surface area (Å²) < 4.78 is 13.6. The molecule has 0 radical (unpaired) electrons. The molecule has 6 heteroatoms. The van der Waals surface area contributed by atoms with Crippen LogP contribution in [0.1, 0.15) is 51.6 Å². The molecule has 0 unspecified atom stereocenters. The summed E-state index contributed by atoms with van der Waals surface area (Å²) in [6.45, 7) is 5.84. The van der Waals surface area contributed by atoms with Gasteiger partial charge in [-0.1, -0.05) is 26.7 Å². The Hall–Kier alpha value is -0.920. The van der Waals surface area contributed by atoms with E-state index in [0.717, 1.165) is 6.54 Å². The van der Waals surface area contributed by atoms with Crippen molar-refractivity contribution in [2.45, 2.75) is 52.5 Å². The van der Waals surface area contributed by atoms with Gasteiger partial charge in [0.2, 0.25) is 0 Å². The molecule has 1 aromatic heterocycles. The summed E-state index contributed by atoms with van der Waals surface area (Å²) in [4.78, 5) is 8.30. The number of aromatic nitrogens is 1. The molecule has 0 spiro atoms. The predicted octanol–water partition coefficient (Wildman–Crippen LogP) is 4.11. The van der Waals surface area contributed by atoms with Gasteiger partial charge in [-0.3, -0.25) is 9.98 Å². The monoisotopic (exact) mass is 448 g/mol. The minimum Gasteiger partial charge on any atom is -0.356 e. The molecule has 136 valence electrons. The van der Waals surface area contributed by atoms with Gasteiger partial charge in [-0.05, 0) is 42.7 Å². The average Bonchev–Trinajstić information content (AvgIpc) is 2.97. The molecule has 2 N–H and O–H groups in total. The van der Waals surface area contributed by atoms with E-state index in [0.29, 0.717) is 29.5 Å². The zero-order valence-electron chi connectivity index (χ0n) is 14.9. The van der Waals surface area contributed by atoms with Gasteiger partial charge in [-0.2, -0.15) is 0 Å². The summed E-state index contributed by atoms with van der Waals surface area (Å²) in [7, 11) is 1.74. The summed E-state index contributed by atoms with van der Waals surface area (Å²) >= 11 is 0. The van der Waals surface area contributed by atoms with Gasteiger partial charge in [0.15, 0.2) is 5.96 Å². The number of rotatable bonds is 6. The highest BCUT2D eigenvalue weighted by molar-refractivity contribution is 14.0. The standard InChI is InChI=1S/C18H29FN4.HI/c1-14(2)11-18(8-4-5-9-18)13-23-17(20-3)22-12-16-15(19)7-6-10-21-16;/h6-7,10,14H,4-5,8-9,11-13H2,1-3H3,(H2,20,22,23);1H. The zero-order valence-corrected chi connectivity index (χ0v) is 17.3. The lowest BCUT2D eigenvalue weighted by Gasteiger charge is -2.31. The first-order valence-electron chi connectivity index (χ1n) is 8.58. The zero-order chi connectivity index (χ0) is 16.7. The molecule has 0 aromatic carbocycles. The van der Waals surface area contributed by atoms with Crippen molar-refractivity contribution in [2.75, 3.05) is 13.6 Å². The first-order chi connectivity index (χ1) is 11.0. The largest absolute Gasteiger partial charge is 0.356 e. The summed E-state index contributed by atoms with van der Waals surface area (Å²) in [6, 6.07) is 3.03. The molecule has 1 saturated carbocycles. The van der Waals surface area contributed by atoms with E-state index in [1.807, 2.05) is 0 Å². The van der Waals surface area contributed by atoms with Crippen molar-refractivity contribution < 1.29 is 4.39 Å². The van der Waals surface area contributed by atoms with Crippen LogP contribution in [-0.4, -0.2) is 24.5 Å². The van der Waals surface area contributed by atoms with Crippen molar-refractivity contribution in [2.24, 2.45) is 16.3 Å². The van der Waals surface area contributed by atoms with E-state index < -0.39 is 0 Å². The molecular formula is C18H30FIN4. The highest BCUT2D eigenvalue weighted by Crippen LogP contribution is 2.42. The minimum atomic E-state index is -0.289. The molecule has 1 fully saturated rings. The quantitative estimate of drug-likeness (QED) is 0.391. The van der Waals surface area contributed by atoms with Crippen LogP contribution >= 0.6 is 24.0 Å². The van der Waals surface area contributed by atoms with Gasteiger partial charge >= 0.3 is 0 Å². The van der Waals surface area contributed by atoms with Crippen LogP contribution in [0.2, 0.25) is 0 Å². The molecule has 0 aliphatic heterocycles. The fraction of sp³-hybridized carbons (Fsp3) is 0.667. The Bertz CT molecular complexity index is 528. The summed E-state index contributed by atoms with van der Waals surface area (Å²) in [5.41, 5.74) is 0.787. The van der Waals surface area contributed by atoms with Crippen molar-refractivity contribution in [1.29, 1.82) is 0 Å². The first-order valence-corrected chi connectivity index (χ1v) is 8.58. The normalized spacial score (nSPS) is 16.8. The topological polar surface area (TPSA) is 49.3 Å². The number of hydrogen-bond acceptors (Lipinski definition) is 2. The van der Waals surface area contributed by atoms with E-state index in [-0.39, 0.29) is 29.8 Å². The Morgan fingerprint density at radius 1 is 1.33 bits per heavy atom. The number of nitrogens with zero attached hydrogens (tertiary/aromatic N) is 2. The molecule has 4 nitrogen and oxygen atoms in total. The van der Waals surface area contributed by atoms with Gasteiger partial charge in [0, 0.05) is 19.8 Å². The third kappa shape index (κ3) is 6.18. The van der Waals surface area contributed by atoms with E-state index in [1.165, 1.54) is 38.2 Å². The fourth-order valence-electron chi connectivity index (χ4n) is 3.65. The third-order valence-electron chi connectivity index (χ3n) is 4.62. The number of guanidine groups is 1. The van der Waals surface area contributed by atoms with Gasteiger partial charge in [-0.15, -0.1) is 24.0 Å². The second-order valence-electron chi connectivity index (χ2n) is 7.02. The van der Waals surface area contributed by atoms with E-state index in [4.69, 9.17) is 0 Å². The second kappa shape index (κ2) is 10.2. The number of nitrogens with one attached hydrogen (secondary N) is 2. The SMILES string of the molecule is CN=C(NCc1ncccc1F)NCC1(CC(C)C)CCCC1.I. The lowest BCUT2D eigenvalue weighted by Crippen LogP contribution is -2.43. The van der Waals surface area contributed by atoms with Gasteiger partial charge in [-0.25, -0.2) is 4.39 Å². The van der Waals surface area contributed by atoms with Crippen LogP contribution in [0.4, 0.5) is 4.39 Å². The van der Waals surface area contributed by atoms with E-state index >= 15 is 0 Å². The summed E-state index contributed by atoms with van der Waals surface area (Å²) in [5.74, 6) is 1.13. The molecule has 0 bridgehead atoms. The second-order valence-corrected chi connectivity index (χ2v) is 7.02. The molecular weight excluding hydrogens is 418 g/mol. The van der Waals surface area contributed by atoms with Crippen molar-refractivity contribution in [3.05, 3.63) is 29.8 Å². The van der Waals surface area contributed by atoms with Crippen LogP contribution in [0.25, 0.3) is 0 Å². The maximum absolute atomic E-state index is 13.6. The van der Waals surface area contributed by atoms with E-state index in [9.17, 15) is 4.39 Å². The maximum Gasteiger partial charge on any atom is 0.191 e. The van der Waals surface area contributed by atoms with Crippen molar-refractivity contribution >= 4 is 29.9 Å². The van der Waals surface area contributed by atoms with Gasteiger partial charge in [0.05, 0.1) is 12.2 Å². The van der Waals surface area contributed by atoms with Crippen LogP contribution in [0.5, 0.6) is 0 Å². The molecule has 0 saturated heterocycles. The Kier molecular flexibility index (Phi) is 8.94. The van der Waals surface area contributed by atoms with Gasteiger partial charge in [0.1, 0.15) is 5.82 Å². The van der Waals surface area contributed by atoms with Crippen molar-refractivity contribution in [3.8, 4) is 0 Å². The predicted molar refractivity (Wildman–Crippen MR) is 108 cm³/mol. The van der Waals surface area contributed by atoms with Crippen LogP contribution in [-0.2, 0) is 6.54 Å². The Morgan fingerprint density at radius 3 is 2.62 bits per heavy atom. The lowest BCUT2D eigenvalue weighted by atomic mass is 9.78. The van der Waals surface area contributed by atoms with Crippen LogP contribution < -0.4 is 10.6 Å². The highest BCUT2D eigenvalue weighted by Gasteiger charge is 2.34. The number of halogens is 2. The fourth-order valence-corrected chi connectivity index (χ4v) is 3.65. The van der Waals surface area contributed by atoms with Crippen molar-refractivity contribution in [3.63, 3.8) is 0 Å². The lowest BCUT2D eigenvalue weighted by molar-refractivity contribution is 0.234. The first kappa shape index (κ1) is 21.1. The molecule has 1 aliphatic carbocycles. The highest BCUT2D eigenvalue weighted by atomic mass is 127. The molecule has 0 atom stereocenters. The Balaban J connectivity index is 0.00000288. The third-order valence-corrected chi connectivity index (χ3v) is 4.62. The van der Waals surface area contributed by atoms with Crippen LogP contribution in [0.3, 0.4) is 0 Å². The van der Waals surface area contributed by atoms with Crippen molar-refractivity contribution in [1.82, 2.24) is 15.6 Å². The number of aliphatic imine (C=N–C) groups is 1. The summed E-state index contributed by atoms with van der Waals surface area (Å²) in [6.07, 6.45) is 8.05. The van der Waals surface area contributed by atoms with E-state index in [1.54, 1.807) is 19.3 Å². The summed E-state index contributed by atoms with van der Waals surface area (Å²) in [5, 5.41) is 6.59. The smallest absolute Gasteiger partial charge is 0.191 e. The molecule has 1 aromatic rings. The molecule has 1 aliphatic rings. The Labute approximate surface area is 162 Å². The van der Waals surface area contributed by atoms with Crippen LogP contribution in [0, 0.1) is 17.2 Å². The number of hydrogen-bond donors (Lipinski definition) is 2. The average molecular weight is 448 g/mol. The van der Waals surface area contributed by atoms with Gasteiger partial charge < -0.3 is 10.6 Å². The van der Waals surface area contributed by atoms with E-state index in [2.05, 4.69) is 34.5 Å². The maximum atomic E-state index is 13.6. The van der Waals surface area contributed by atoms with Crippen LogP contribution in [0.15, 0.2) is 23.3 Å². The number of pyridine rings is 1. The molecule has 2 rings (SSSR count). The molecule has 0 amide bonds. The molecule has 1 heterocycles. The minimum absolute atomic E-state index is 0. The molecule has 24 heavy (non-hydrogen) atoms.